The first kappa shape index (κ1) is 21.3. The van der Waals surface area contributed by atoms with E-state index in [2.05, 4.69) is 38.2 Å². The first-order valence-corrected chi connectivity index (χ1v) is 11.9. The molecule has 0 bridgehead atoms. The highest BCUT2D eigenvalue weighted by Crippen LogP contribution is 2.29. The van der Waals surface area contributed by atoms with Crippen molar-refractivity contribution in [2.45, 2.75) is 6.54 Å². The molecule has 0 saturated carbocycles. The molecule has 6 rings (SSSR count). The van der Waals surface area contributed by atoms with Gasteiger partial charge in [0.25, 0.3) is 5.56 Å². The summed E-state index contributed by atoms with van der Waals surface area (Å²) in [6.07, 6.45) is 5.55. The van der Waals surface area contributed by atoms with Crippen LogP contribution in [0.4, 0.5) is 0 Å². The summed E-state index contributed by atoms with van der Waals surface area (Å²) in [5, 5.41) is 7.05. The zero-order chi connectivity index (χ0) is 23.9. The number of hydrogen-bond donors (Lipinski definition) is 0. The maximum absolute atomic E-state index is 13.5. The van der Waals surface area contributed by atoms with Crippen LogP contribution in [0.5, 0.6) is 0 Å². The lowest BCUT2D eigenvalue weighted by Gasteiger charge is -2.07. The van der Waals surface area contributed by atoms with Crippen LogP contribution in [0.15, 0.2) is 110 Å². The first-order valence-electron chi connectivity index (χ1n) is 11.1. The van der Waals surface area contributed by atoms with Gasteiger partial charge < -0.3 is 8.98 Å². The smallest absolute Gasteiger partial charge is 0.282 e. The number of aromatic nitrogens is 3. The minimum Gasteiger partial charge on any atom is -0.453 e. The Morgan fingerprint density at radius 2 is 1.83 bits per heavy atom. The molecular weight excluding hydrogens is 504 g/mol. The molecule has 170 valence electrons. The van der Waals surface area contributed by atoms with Crippen molar-refractivity contribution < 1.29 is 4.42 Å². The van der Waals surface area contributed by atoms with Crippen molar-refractivity contribution >= 4 is 54.9 Å². The molecule has 35 heavy (non-hydrogen) atoms. The van der Waals surface area contributed by atoms with Gasteiger partial charge in [0.1, 0.15) is 5.58 Å². The van der Waals surface area contributed by atoms with Gasteiger partial charge in [-0.1, -0.05) is 52.3 Å². The molecule has 7 heteroatoms. The standard InChI is InChI=1S/C28H19BrN4O2/c1-2-13-32-17-19(21-7-4-6-10-24(21)32)16-30-33-27(31-23-9-5-3-8-22(23)28(33)34)26-15-18-14-20(29)11-12-25(18)35-26/h2-12,14-17H,1,13H2. The van der Waals surface area contributed by atoms with Crippen LogP contribution in [-0.2, 0) is 6.54 Å². The topological polar surface area (TPSA) is 65.3 Å². The van der Waals surface area contributed by atoms with Crippen LogP contribution < -0.4 is 5.56 Å². The Morgan fingerprint density at radius 1 is 1.03 bits per heavy atom. The van der Waals surface area contributed by atoms with Gasteiger partial charge in [0, 0.05) is 39.1 Å². The van der Waals surface area contributed by atoms with Crippen molar-refractivity contribution in [3.63, 3.8) is 0 Å². The molecule has 3 heterocycles. The number of furan rings is 1. The molecule has 6 nitrogen and oxygen atoms in total. The van der Waals surface area contributed by atoms with E-state index in [4.69, 9.17) is 9.40 Å². The molecule has 0 atom stereocenters. The van der Waals surface area contributed by atoms with E-state index in [0.717, 1.165) is 26.3 Å². The largest absolute Gasteiger partial charge is 0.453 e. The lowest BCUT2D eigenvalue weighted by molar-refractivity contribution is 0.616. The van der Waals surface area contributed by atoms with Crippen molar-refractivity contribution in [2.24, 2.45) is 5.10 Å². The van der Waals surface area contributed by atoms with Crippen molar-refractivity contribution in [3.8, 4) is 11.6 Å². The quantitative estimate of drug-likeness (QED) is 0.189. The molecule has 0 N–H and O–H groups in total. The predicted molar refractivity (Wildman–Crippen MR) is 144 cm³/mol. The number of allylic oxidation sites excluding steroid dienone is 1. The monoisotopic (exact) mass is 522 g/mol. The van der Waals surface area contributed by atoms with E-state index >= 15 is 0 Å². The molecule has 0 unspecified atom stereocenters. The van der Waals surface area contributed by atoms with Crippen LogP contribution in [0.3, 0.4) is 0 Å². The fraction of sp³-hybridized carbons (Fsp3) is 0.0357. The molecule has 0 fully saturated rings. The Bertz CT molecular complexity index is 1840. The molecule has 0 radical (unpaired) electrons. The summed E-state index contributed by atoms with van der Waals surface area (Å²) in [6, 6.07) is 23.0. The lowest BCUT2D eigenvalue weighted by Crippen LogP contribution is -2.20. The van der Waals surface area contributed by atoms with Crippen LogP contribution in [0.25, 0.3) is 44.4 Å². The first-order chi connectivity index (χ1) is 17.1. The molecule has 3 aromatic carbocycles. The van der Waals surface area contributed by atoms with E-state index in [0.29, 0.717) is 34.6 Å². The number of para-hydroxylation sites is 2. The van der Waals surface area contributed by atoms with Crippen molar-refractivity contribution in [2.75, 3.05) is 0 Å². The number of hydrogen-bond acceptors (Lipinski definition) is 4. The van der Waals surface area contributed by atoms with E-state index in [9.17, 15) is 4.79 Å². The van der Waals surface area contributed by atoms with E-state index in [1.54, 1.807) is 12.3 Å². The third-order valence-electron chi connectivity index (χ3n) is 5.91. The van der Waals surface area contributed by atoms with Crippen LogP contribution in [-0.4, -0.2) is 20.4 Å². The second-order valence-corrected chi connectivity index (χ2v) is 9.07. The normalized spacial score (nSPS) is 11.8. The van der Waals surface area contributed by atoms with Crippen LogP contribution in [0, 0.1) is 0 Å². The number of halogens is 1. The number of rotatable bonds is 5. The van der Waals surface area contributed by atoms with Crippen molar-refractivity contribution in [1.82, 2.24) is 14.2 Å². The minimum absolute atomic E-state index is 0.265. The molecule has 0 aliphatic rings. The van der Waals surface area contributed by atoms with Gasteiger partial charge in [-0.25, -0.2) is 4.98 Å². The summed E-state index contributed by atoms with van der Waals surface area (Å²) in [7, 11) is 0. The van der Waals surface area contributed by atoms with Gasteiger partial charge in [-0.3, -0.25) is 4.79 Å². The highest BCUT2D eigenvalue weighted by Gasteiger charge is 2.17. The Labute approximate surface area is 208 Å². The summed E-state index contributed by atoms with van der Waals surface area (Å²) >= 11 is 3.50. The fourth-order valence-corrected chi connectivity index (χ4v) is 4.68. The Hall–Kier alpha value is -4.23. The maximum Gasteiger partial charge on any atom is 0.282 e. The third kappa shape index (κ3) is 3.70. The minimum atomic E-state index is -0.265. The molecule has 0 amide bonds. The predicted octanol–water partition coefficient (Wildman–Crippen LogP) is 6.60. The van der Waals surface area contributed by atoms with Gasteiger partial charge in [0.15, 0.2) is 5.76 Å². The van der Waals surface area contributed by atoms with E-state index in [1.165, 1.54) is 4.68 Å². The van der Waals surface area contributed by atoms with Gasteiger partial charge in [0.05, 0.1) is 17.1 Å². The van der Waals surface area contributed by atoms with Gasteiger partial charge in [0.2, 0.25) is 5.82 Å². The van der Waals surface area contributed by atoms with Crippen LogP contribution >= 0.6 is 15.9 Å². The Balaban J connectivity index is 1.57. The van der Waals surface area contributed by atoms with Crippen molar-refractivity contribution in [1.29, 1.82) is 0 Å². The van der Waals surface area contributed by atoms with E-state index in [-0.39, 0.29) is 5.56 Å². The molecule has 0 spiro atoms. The summed E-state index contributed by atoms with van der Waals surface area (Å²) in [4.78, 5) is 18.3. The third-order valence-corrected chi connectivity index (χ3v) is 6.40. The maximum atomic E-state index is 13.5. The molecule has 6 aromatic rings. The Kier molecular flexibility index (Phi) is 5.19. The lowest BCUT2D eigenvalue weighted by atomic mass is 10.2. The molecular formula is C28H19BrN4O2. The summed E-state index contributed by atoms with van der Waals surface area (Å²) in [6.45, 7) is 4.53. The molecule has 0 saturated heterocycles. The average Bonchev–Trinajstić information content (AvgIpc) is 3.45. The fourth-order valence-electron chi connectivity index (χ4n) is 4.30. The highest BCUT2D eigenvalue weighted by molar-refractivity contribution is 9.10. The van der Waals surface area contributed by atoms with E-state index in [1.807, 2.05) is 72.9 Å². The molecule has 0 aliphatic heterocycles. The number of fused-ring (bicyclic) bond motifs is 3. The SMILES string of the molecule is C=CCn1cc(C=Nn2c(-c3cc4cc(Br)ccc4o3)nc3ccccc3c2=O)c2ccccc21. The zero-order valence-corrected chi connectivity index (χ0v) is 20.1. The van der Waals surface area contributed by atoms with Crippen molar-refractivity contribution in [3.05, 3.63) is 112 Å². The summed E-state index contributed by atoms with van der Waals surface area (Å²) < 4.78 is 10.4. The second-order valence-electron chi connectivity index (χ2n) is 8.15. The molecule has 3 aromatic heterocycles. The highest BCUT2D eigenvalue weighted by atomic mass is 79.9. The zero-order valence-electron chi connectivity index (χ0n) is 18.6. The van der Waals surface area contributed by atoms with Crippen LogP contribution in [0.1, 0.15) is 5.56 Å². The number of nitrogens with zero attached hydrogens (tertiary/aromatic N) is 4. The average molecular weight is 523 g/mol. The summed E-state index contributed by atoms with van der Waals surface area (Å²) in [5.74, 6) is 0.805. The second kappa shape index (κ2) is 8.52. The molecule has 0 aliphatic carbocycles. The van der Waals surface area contributed by atoms with Gasteiger partial charge in [-0.05, 0) is 42.5 Å². The number of benzene rings is 3. The van der Waals surface area contributed by atoms with Crippen LogP contribution in [0.2, 0.25) is 0 Å². The van der Waals surface area contributed by atoms with Gasteiger partial charge in [-0.15, -0.1) is 6.58 Å². The van der Waals surface area contributed by atoms with E-state index < -0.39 is 0 Å². The Morgan fingerprint density at radius 3 is 2.69 bits per heavy atom. The van der Waals surface area contributed by atoms with Gasteiger partial charge in [-0.2, -0.15) is 9.78 Å². The summed E-state index contributed by atoms with van der Waals surface area (Å²) in [5.41, 5.74) is 2.98. The van der Waals surface area contributed by atoms with Gasteiger partial charge >= 0.3 is 0 Å².